The minimum atomic E-state index is -1.05. The maximum atomic E-state index is 11.4. The van der Waals surface area contributed by atoms with E-state index in [-0.39, 0.29) is 12.3 Å². The van der Waals surface area contributed by atoms with Gasteiger partial charge >= 0.3 is 5.97 Å². The summed E-state index contributed by atoms with van der Waals surface area (Å²) >= 11 is 0. The molecule has 1 aromatic carbocycles. The zero-order valence-electron chi connectivity index (χ0n) is 9.68. The van der Waals surface area contributed by atoms with Crippen LogP contribution in [0.1, 0.15) is 12.0 Å². The lowest BCUT2D eigenvalue weighted by atomic mass is 10.1. The van der Waals surface area contributed by atoms with E-state index in [2.05, 4.69) is 5.32 Å². The number of ether oxygens (including phenoxy) is 1. The van der Waals surface area contributed by atoms with Gasteiger partial charge in [0.05, 0.1) is 18.7 Å². The Labute approximate surface area is 104 Å². The van der Waals surface area contributed by atoms with Crippen LogP contribution >= 0.6 is 0 Å². The highest BCUT2D eigenvalue weighted by Gasteiger charge is 2.16. The molecule has 0 aliphatic carbocycles. The van der Waals surface area contributed by atoms with Crippen LogP contribution in [0.3, 0.4) is 0 Å². The number of carboxylic acids is 1. The van der Waals surface area contributed by atoms with Crippen molar-refractivity contribution in [1.29, 1.82) is 0 Å². The summed E-state index contributed by atoms with van der Waals surface area (Å²) < 4.78 is 5.40. The van der Waals surface area contributed by atoms with Gasteiger partial charge in [-0.2, -0.15) is 0 Å². The zero-order valence-corrected chi connectivity index (χ0v) is 9.68. The van der Waals surface area contributed by atoms with Crippen molar-refractivity contribution in [2.45, 2.75) is 18.9 Å². The first kappa shape index (κ1) is 12.4. The normalized spacial score (nSPS) is 15.9. The second-order valence-corrected chi connectivity index (χ2v) is 4.13. The first-order valence-corrected chi connectivity index (χ1v) is 5.60. The molecule has 1 atom stereocenters. The number of nitrogens with two attached hydrogens (primary N) is 1. The van der Waals surface area contributed by atoms with Gasteiger partial charge in [0.25, 0.3) is 0 Å². The number of carbonyl (C=O) groups is 2. The predicted octanol–water partition coefficient (Wildman–Crippen LogP) is 0.362. The SMILES string of the molecule is NC(Cc1ccc2c(c1)NC(=O)CCO2)C(=O)O. The molecule has 0 aromatic heterocycles. The summed E-state index contributed by atoms with van der Waals surface area (Å²) in [5.74, 6) is -0.577. The molecule has 0 saturated heterocycles. The molecule has 4 N–H and O–H groups in total. The Morgan fingerprint density at radius 1 is 1.56 bits per heavy atom. The van der Waals surface area contributed by atoms with Crippen molar-refractivity contribution in [1.82, 2.24) is 0 Å². The maximum Gasteiger partial charge on any atom is 0.320 e. The number of rotatable bonds is 3. The number of hydrogen-bond acceptors (Lipinski definition) is 4. The van der Waals surface area contributed by atoms with Crippen LogP contribution in [0.5, 0.6) is 5.75 Å². The standard InChI is InChI=1S/C12H14N2O4/c13-8(12(16)17)5-7-1-2-10-9(6-7)14-11(15)3-4-18-10/h1-2,6,8H,3-5,13H2,(H,14,15)(H,16,17). The van der Waals surface area contributed by atoms with Crippen molar-refractivity contribution in [3.05, 3.63) is 23.8 Å². The third kappa shape index (κ3) is 2.78. The van der Waals surface area contributed by atoms with Gasteiger partial charge in [0, 0.05) is 0 Å². The van der Waals surface area contributed by atoms with Crippen molar-refractivity contribution in [3.63, 3.8) is 0 Å². The van der Waals surface area contributed by atoms with E-state index in [0.717, 1.165) is 5.56 Å². The number of anilines is 1. The summed E-state index contributed by atoms with van der Waals surface area (Å²) in [4.78, 5) is 22.1. The molecule has 1 heterocycles. The summed E-state index contributed by atoms with van der Waals surface area (Å²) in [6.45, 7) is 0.340. The molecule has 18 heavy (non-hydrogen) atoms. The smallest absolute Gasteiger partial charge is 0.320 e. The Morgan fingerprint density at radius 2 is 2.33 bits per heavy atom. The van der Waals surface area contributed by atoms with Crippen LogP contribution in [0.15, 0.2) is 18.2 Å². The Bertz CT molecular complexity index is 487. The first-order chi connectivity index (χ1) is 8.56. The van der Waals surface area contributed by atoms with Gasteiger partial charge in [-0.3, -0.25) is 9.59 Å². The number of nitrogens with one attached hydrogen (secondary N) is 1. The summed E-state index contributed by atoms with van der Waals surface area (Å²) in [6, 6.07) is 4.20. The minimum absolute atomic E-state index is 0.117. The number of benzene rings is 1. The van der Waals surface area contributed by atoms with Crippen LogP contribution in [0.2, 0.25) is 0 Å². The fraction of sp³-hybridized carbons (Fsp3) is 0.333. The molecule has 2 rings (SSSR count). The third-order valence-corrected chi connectivity index (χ3v) is 2.68. The number of hydrogen-bond donors (Lipinski definition) is 3. The topological polar surface area (TPSA) is 102 Å². The molecule has 1 aliphatic rings. The highest BCUT2D eigenvalue weighted by atomic mass is 16.5. The minimum Gasteiger partial charge on any atom is -0.491 e. The van der Waals surface area contributed by atoms with Crippen molar-refractivity contribution < 1.29 is 19.4 Å². The van der Waals surface area contributed by atoms with E-state index < -0.39 is 12.0 Å². The number of carboxylic acid groups (broad SMARTS) is 1. The van der Waals surface area contributed by atoms with Gasteiger partial charge in [-0.1, -0.05) is 6.07 Å². The van der Waals surface area contributed by atoms with Gasteiger partial charge in [-0.25, -0.2) is 0 Å². The predicted molar refractivity (Wildman–Crippen MR) is 64.5 cm³/mol. The molecule has 0 spiro atoms. The highest BCUT2D eigenvalue weighted by Crippen LogP contribution is 2.28. The molecule has 0 radical (unpaired) electrons. The first-order valence-electron chi connectivity index (χ1n) is 5.60. The number of fused-ring (bicyclic) bond motifs is 1. The molecule has 1 aliphatic heterocycles. The molecule has 1 aromatic rings. The van der Waals surface area contributed by atoms with E-state index in [4.69, 9.17) is 15.6 Å². The van der Waals surface area contributed by atoms with Crippen LogP contribution in [-0.4, -0.2) is 29.6 Å². The van der Waals surface area contributed by atoms with E-state index in [1.165, 1.54) is 0 Å². The van der Waals surface area contributed by atoms with Crippen LogP contribution in [0, 0.1) is 0 Å². The fourth-order valence-electron chi connectivity index (χ4n) is 1.74. The van der Waals surface area contributed by atoms with E-state index in [1.807, 2.05) is 0 Å². The van der Waals surface area contributed by atoms with Gasteiger partial charge in [-0.05, 0) is 24.1 Å². The molecular formula is C12H14N2O4. The lowest BCUT2D eigenvalue weighted by Gasteiger charge is -2.11. The van der Waals surface area contributed by atoms with E-state index in [1.54, 1.807) is 18.2 Å². The van der Waals surface area contributed by atoms with Crippen molar-refractivity contribution in [2.75, 3.05) is 11.9 Å². The average Bonchev–Trinajstić information content (AvgIpc) is 2.49. The molecule has 0 saturated carbocycles. The average molecular weight is 250 g/mol. The Balaban J connectivity index is 2.20. The molecule has 0 fully saturated rings. The molecule has 6 heteroatoms. The van der Waals surface area contributed by atoms with Gasteiger partial charge in [-0.15, -0.1) is 0 Å². The molecule has 0 bridgehead atoms. The molecule has 1 unspecified atom stereocenters. The van der Waals surface area contributed by atoms with Crippen LogP contribution < -0.4 is 15.8 Å². The maximum absolute atomic E-state index is 11.4. The molecule has 6 nitrogen and oxygen atoms in total. The number of amides is 1. The molecular weight excluding hydrogens is 236 g/mol. The second-order valence-electron chi connectivity index (χ2n) is 4.13. The Kier molecular flexibility index (Phi) is 3.47. The molecule has 96 valence electrons. The Hall–Kier alpha value is -2.08. The van der Waals surface area contributed by atoms with E-state index in [0.29, 0.717) is 24.5 Å². The highest BCUT2D eigenvalue weighted by molar-refractivity contribution is 5.93. The van der Waals surface area contributed by atoms with E-state index >= 15 is 0 Å². The van der Waals surface area contributed by atoms with Gasteiger partial charge in [0.15, 0.2) is 0 Å². The van der Waals surface area contributed by atoms with Crippen LogP contribution in [-0.2, 0) is 16.0 Å². The van der Waals surface area contributed by atoms with Crippen molar-refractivity contribution in [2.24, 2.45) is 5.73 Å². The molecule has 1 amide bonds. The Morgan fingerprint density at radius 3 is 3.06 bits per heavy atom. The summed E-state index contributed by atoms with van der Waals surface area (Å²) in [5, 5.41) is 11.5. The second kappa shape index (κ2) is 5.05. The van der Waals surface area contributed by atoms with Gasteiger partial charge in [0.2, 0.25) is 5.91 Å². The lowest BCUT2D eigenvalue weighted by Crippen LogP contribution is -2.32. The lowest BCUT2D eigenvalue weighted by molar-refractivity contribution is -0.138. The quantitative estimate of drug-likeness (QED) is 0.719. The van der Waals surface area contributed by atoms with Crippen molar-refractivity contribution in [3.8, 4) is 5.75 Å². The largest absolute Gasteiger partial charge is 0.491 e. The van der Waals surface area contributed by atoms with Gasteiger partial charge in [0.1, 0.15) is 11.8 Å². The third-order valence-electron chi connectivity index (χ3n) is 2.68. The monoisotopic (exact) mass is 250 g/mol. The van der Waals surface area contributed by atoms with Crippen LogP contribution in [0.4, 0.5) is 5.69 Å². The number of carbonyl (C=O) groups excluding carboxylic acids is 1. The van der Waals surface area contributed by atoms with Gasteiger partial charge < -0.3 is 20.9 Å². The summed E-state index contributed by atoms with van der Waals surface area (Å²) in [5.41, 5.74) is 6.77. The summed E-state index contributed by atoms with van der Waals surface area (Å²) in [7, 11) is 0. The fourth-order valence-corrected chi connectivity index (χ4v) is 1.74. The van der Waals surface area contributed by atoms with Crippen molar-refractivity contribution >= 4 is 17.6 Å². The number of aliphatic carboxylic acids is 1. The van der Waals surface area contributed by atoms with Crippen LogP contribution in [0.25, 0.3) is 0 Å². The zero-order chi connectivity index (χ0) is 13.1. The van der Waals surface area contributed by atoms with E-state index in [9.17, 15) is 9.59 Å². The summed E-state index contributed by atoms with van der Waals surface area (Å²) in [6.07, 6.45) is 0.511.